The first-order valence-electron chi connectivity index (χ1n) is 10.7. The number of benzene rings is 1. The predicted octanol–water partition coefficient (Wildman–Crippen LogP) is 2.66. The Labute approximate surface area is 169 Å². The lowest BCUT2D eigenvalue weighted by molar-refractivity contribution is -0.145. The Balaban J connectivity index is 1.40. The van der Waals surface area contributed by atoms with Crippen molar-refractivity contribution in [3.8, 4) is 0 Å². The van der Waals surface area contributed by atoms with Crippen molar-refractivity contribution in [2.45, 2.75) is 40.0 Å². The van der Waals surface area contributed by atoms with E-state index in [9.17, 15) is 9.59 Å². The van der Waals surface area contributed by atoms with Crippen LogP contribution in [0.3, 0.4) is 0 Å². The maximum absolute atomic E-state index is 12.9. The number of piperazine rings is 1. The number of likely N-dealkylation sites (tertiary alicyclic amines) is 1. The number of rotatable bonds is 4. The minimum Gasteiger partial charge on any atom is -0.342 e. The second kappa shape index (κ2) is 9.08. The summed E-state index contributed by atoms with van der Waals surface area (Å²) in [7, 11) is 0. The summed E-state index contributed by atoms with van der Waals surface area (Å²) < 4.78 is 0. The van der Waals surface area contributed by atoms with Gasteiger partial charge in [0, 0.05) is 57.1 Å². The summed E-state index contributed by atoms with van der Waals surface area (Å²) in [6.45, 7) is 11.9. The molecule has 5 heteroatoms. The molecule has 2 aliphatic heterocycles. The highest BCUT2D eigenvalue weighted by molar-refractivity contribution is 5.82. The van der Waals surface area contributed by atoms with E-state index in [4.69, 9.17) is 0 Å². The van der Waals surface area contributed by atoms with Gasteiger partial charge in [0.2, 0.25) is 11.8 Å². The van der Waals surface area contributed by atoms with Crippen LogP contribution in [0.1, 0.15) is 39.2 Å². The van der Waals surface area contributed by atoms with E-state index in [1.165, 1.54) is 5.56 Å². The van der Waals surface area contributed by atoms with E-state index in [0.29, 0.717) is 19.0 Å². The maximum atomic E-state index is 12.9. The standard InChI is InChI=1S/C23H35N3O2/c1-23(2,3)22(28)26-13-10-20(11-14-26)21(27)25-17-15-24(16-18-25)12-9-19-7-5-4-6-8-19/h4-8,20H,9-18H2,1-3H3. The highest BCUT2D eigenvalue weighted by Crippen LogP contribution is 2.25. The number of amides is 2. The predicted molar refractivity (Wildman–Crippen MR) is 112 cm³/mol. The van der Waals surface area contributed by atoms with Gasteiger partial charge in [0.1, 0.15) is 0 Å². The third-order valence-corrected chi connectivity index (χ3v) is 6.02. The van der Waals surface area contributed by atoms with Crippen LogP contribution in [0, 0.1) is 11.3 Å². The molecule has 0 atom stereocenters. The molecule has 0 unspecified atom stereocenters. The van der Waals surface area contributed by atoms with Gasteiger partial charge in [-0.2, -0.15) is 0 Å². The Morgan fingerprint density at radius 1 is 0.893 bits per heavy atom. The molecule has 5 nitrogen and oxygen atoms in total. The quantitative estimate of drug-likeness (QED) is 0.800. The second-order valence-electron chi connectivity index (χ2n) is 9.22. The lowest BCUT2D eigenvalue weighted by atomic mass is 9.90. The second-order valence-corrected chi connectivity index (χ2v) is 9.22. The van der Waals surface area contributed by atoms with Gasteiger partial charge >= 0.3 is 0 Å². The van der Waals surface area contributed by atoms with Gasteiger partial charge in [-0.25, -0.2) is 0 Å². The highest BCUT2D eigenvalue weighted by atomic mass is 16.2. The van der Waals surface area contributed by atoms with E-state index < -0.39 is 0 Å². The van der Waals surface area contributed by atoms with Gasteiger partial charge in [0.15, 0.2) is 0 Å². The molecule has 0 radical (unpaired) electrons. The van der Waals surface area contributed by atoms with Crippen molar-refractivity contribution in [2.24, 2.45) is 11.3 Å². The van der Waals surface area contributed by atoms with Gasteiger partial charge in [0.25, 0.3) is 0 Å². The normalized spacial score (nSPS) is 19.7. The van der Waals surface area contributed by atoms with E-state index in [0.717, 1.165) is 52.0 Å². The summed E-state index contributed by atoms with van der Waals surface area (Å²) in [4.78, 5) is 31.8. The summed E-state index contributed by atoms with van der Waals surface area (Å²) in [5.41, 5.74) is 1.03. The van der Waals surface area contributed by atoms with Gasteiger partial charge in [-0.15, -0.1) is 0 Å². The number of carbonyl (C=O) groups excluding carboxylic acids is 2. The van der Waals surface area contributed by atoms with E-state index in [1.807, 2.05) is 30.6 Å². The lowest BCUT2D eigenvalue weighted by Gasteiger charge is -2.39. The lowest BCUT2D eigenvalue weighted by Crippen LogP contribution is -2.52. The summed E-state index contributed by atoms with van der Waals surface area (Å²) in [6, 6.07) is 10.6. The van der Waals surface area contributed by atoms with Crippen molar-refractivity contribution in [1.82, 2.24) is 14.7 Å². The molecule has 28 heavy (non-hydrogen) atoms. The number of carbonyl (C=O) groups is 2. The Kier molecular flexibility index (Phi) is 6.76. The summed E-state index contributed by atoms with van der Waals surface area (Å²) >= 11 is 0. The summed E-state index contributed by atoms with van der Waals surface area (Å²) in [5, 5.41) is 0. The molecule has 2 heterocycles. The van der Waals surface area contributed by atoms with E-state index in [1.54, 1.807) is 0 Å². The van der Waals surface area contributed by atoms with Gasteiger partial charge in [-0.3, -0.25) is 14.5 Å². The molecule has 3 rings (SSSR count). The average molecular weight is 386 g/mol. The summed E-state index contributed by atoms with van der Waals surface area (Å²) in [5.74, 6) is 0.580. The topological polar surface area (TPSA) is 43.9 Å². The molecule has 0 bridgehead atoms. The molecule has 0 aliphatic carbocycles. The molecular weight excluding hydrogens is 350 g/mol. The van der Waals surface area contributed by atoms with Gasteiger partial charge < -0.3 is 9.80 Å². The number of hydrogen-bond donors (Lipinski definition) is 0. The van der Waals surface area contributed by atoms with Crippen LogP contribution >= 0.6 is 0 Å². The van der Waals surface area contributed by atoms with Crippen LogP contribution in [-0.4, -0.2) is 72.3 Å². The van der Waals surface area contributed by atoms with Gasteiger partial charge in [-0.05, 0) is 24.8 Å². The van der Waals surface area contributed by atoms with Crippen molar-refractivity contribution < 1.29 is 9.59 Å². The molecule has 0 N–H and O–H groups in total. The van der Waals surface area contributed by atoms with Crippen molar-refractivity contribution in [3.63, 3.8) is 0 Å². The monoisotopic (exact) mass is 385 g/mol. The van der Waals surface area contributed by atoms with E-state index in [-0.39, 0.29) is 17.2 Å². The molecule has 2 amide bonds. The van der Waals surface area contributed by atoms with Crippen molar-refractivity contribution in [1.29, 1.82) is 0 Å². The fourth-order valence-corrected chi connectivity index (χ4v) is 4.19. The molecule has 2 fully saturated rings. The maximum Gasteiger partial charge on any atom is 0.227 e. The summed E-state index contributed by atoms with van der Waals surface area (Å²) in [6.07, 6.45) is 2.67. The average Bonchev–Trinajstić information content (AvgIpc) is 2.72. The molecule has 0 saturated carbocycles. The van der Waals surface area contributed by atoms with Crippen molar-refractivity contribution >= 4 is 11.8 Å². The zero-order valence-corrected chi connectivity index (χ0v) is 17.7. The Morgan fingerprint density at radius 2 is 1.50 bits per heavy atom. The Morgan fingerprint density at radius 3 is 2.07 bits per heavy atom. The zero-order valence-electron chi connectivity index (χ0n) is 17.7. The van der Waals surface area contributed by atoms with Gasteiger partial charge in [-0.1, -0.05) is 51.1 Å². The molecular formula is C23H35N3O2. The van der Waals surface area contributed by atoms with Crippen LogP contribution in [0.2, 0.25) is 0 Å². The van der Waals surface area contributed by atoms with Crippen LogP contribution < -0.4 is 0 Å². The largest absolute Gasteiger partial charge is 0.342 e. The fraction of sp³-hybridized carbons (Fsp3) is 0.652. The zero-order chi connectivity index (χ0) is 20.1. The SMILES string of the molecule is CC(C)(C)C(=O)N1CCC(C(=O)N2CCN(CCc3ccccc3)CC2)CC1. The first-order valence-corrected chi connectivity index (χ1v) is 10.7. The Hall–Kier alpha value is -1.88. The minimum absolute atomic E-state index is 0.0832. The number of nitrogens with zero attached hydrogens (tertiary/aromatic N) is 3. The Bertz CT molecular complexity index is 652. The molecule has 2 saturated heterocycles. The van der Waals surface area contributed by atoms with Crippen LogP contribution in [-0.2, 0) is 16.0 Å². The van der Waals surface area contributed by atoms with Gasteiger partial charge in [0.05, 0.1) is 0 Å². The molecule has 0 spiro atoms. The third kappa shape index (κ3) is 5.34. The highest BCUT2D eigenvalue weighted by Gasteiger charge is 2.34. The smallest absolute Gasteiger partial charge is 0.227 e. The van der Waals surface area contributed by atoms with E-state index in [2.05, 4.69) is 35.2 Å². The van der Waals surface area contributed by atoms with Crippen LogP contribution in [0.25, 0.3) is 0 Å². The van der Waals surface area contributed by atoms with E-state index >= 15 is 0 Å². The molecule has 1 aromatic carbocycles. The van der Waals surface area contributed by atoms with Crippen molar-refractivity contribution in [3.05, 3.63) is 35.9 Å². The number of piperidine rings is 1. The third-order valence-electron chi connectivity index (χ3n) is 6.02. The first kappa shape index (κ1) is 20.8. The number of hydrogen-bond acceptors (Lipinski definition) is 3. The molecule has 154 valence electrons. The molecule has 0 aromatic heterocycles. The van der Waals surface area contributed by atoms with Crippen molar-refractivity contribution in [2.75, 3.05) is 45.8 Å². The molecule has 1 aromatic rings. The molecule has 2 aliphatic rings. The van der Waals surface area contributed by atoms with Crippen LogP contribution in [0.4, 0.5) is 0 Å². The fourth-order valence-electron chi connectivity index (χ4n) is 4.19. The first-order chi connectivity index (χ1) is 13.3. The van der Waals surface area contributed by atoms with Crippen LogP contribution in [0.15, 0.2) is 30.3 Å². The minimum atomic E-state index is -0.340. The van der Waals surface area contributed by atoms with Crippen LogP contribution in [0.5, 0.6) is 0 Å².